The minimum Gasteiger partial charge on any atom is -0.308 e. The molecule has 0 aliphatic carbocycles. The number of hydrogen-bond acceptors (Lipinski definition) is 3. The molecule has 0 radical (unpaired) electrons. The van der Waals surface area contributed by atoms with E-state index >= 15 is 0 Å². The van der Waals surface area contributed by atoms with Crippen molar-refractivity contribution in [3.63, 3.8) is 0 Å². The van der Waals surface area contributed by atoms with Crippen molar-refractivity contribution in [3.05, 3.63) is 33.8 Å². The standard InChI is InChI=1S/C13H16BrN3/c1-3-4-9-7-10-8(2)5-6-11(14)12(10)16-13(9)17-15/h5-7H,3-4,15H2,1-2H3,(H,16,17). The Labute approximate surface area is 110 Å². The fourth-order valence-corrected chi connectivity index (χ4v) is 2.42. The Morgan fingerprint density at radius 3 is 2.82 bits per heavy atom. The zero-order chi connectivity index (χ0) is 12.4. The molecule has 2 aromatic rings. The summed E-state index contributed by atoms with van der Waals surface area (Å²) in [6.45, 7) is 4.25. The Hall–Kier alpha value is -1.13. The smallest absolute Gasteiger partial charge is 0.143 e. The van der Waals surface area contributed by atoms with Crippen LogP contribution >= 0.6 is 15.9 Å². The van der Waals surface area contributed by atoms with Crippen molar-refractivity contribution in [1.29, 1.82) is 0 Å². The van der Waals surface area contributed by atoms with Crippen LogP contribution in [0.4, 0.5) is 5.82 Å². The summed E-state index contributed by atoms with van der Waals surface area (Å²) in [6.07, 6.45) is 2.06. The Balaban J connectivity index is 2.73. The van der Waals surface area contributed by atoms with Crippen molar-refractivity contribution in [1.82, 2.24) is 4.98 Å². The van der Waals surface area contributed by atoms with Gasteiger partial charge in [0.15, 0.2) is 0 Å². The van der Waals surface area contributed by atoms with E-state index in [1.54, 1.807) is 0 Å². The van der Waals surface area contributed by atoms with Gasteiger partial charge in [-0.3, -0.25) is 0 Å². The molecular weight excluding hydrogens is 278 g/mol. The second-order valence-electron chi connectivity index (χ2n) is 4.15. The van der Waals surface area contributed by atoms with Gasteiger partial charge in [0.2, 0.25) is 0 Å². The number of aromatic nitrogens is 1. The third-order valence-corrected chi connectivity index (χ3v) is 3.53. The first-order chi connectivity index (χ1) is 8.17. The monoisotopic (exact) mass is 293 g/mol. The van der Waals surface area contributed by atoms with E-state index in [0.717, 1.165) is 28.6 Å². The van der Waals surface area contributed by atoms with Crippen LogP contribution in [0.2, 0.25) is 0 Å². The number of nitrogens with zero attached hydrogens (tertiary/aromatic N) is 1. The van der Waals surface area contributed by atoms with Gasteiger partial charge >= 0.3 is 0 Å². The van der Waals surface area contributed by atoms with Gasteiger partial charge in [-0.25, -0.2) is 10.8 Å². The summed E-state index contributed by atoms with van der Waals surface area (Å²) in [6, 6.07) is 6.30. The summed E-state index contributed by atoms with van der Waals surface area (Å²) in [5.74, 6) is 6.30. The van der Waals surface area contributed by atoms with E-state index in [9.17, 15) is 0 Å². The molecule has 3 nitrogen and oxygen atoms in total. The highest BCUT2D eigenvalue weighted by Crippen LogP contribution is 2.29. The first-order valence-electron chi connectivity index (χ1n) is 5.72. The van der Waals surface area contributed by atoms with Gasteiger partial charge in [-0.05, 0) is 52.5 Å². The molecule has 1 aromatic carbocycles. The Morgan fingerprint density at radius 1 is 1.41 bits per heavy atom. The maximum Gasteiger partial charge on any atom is 0.143 e. The summed E-state index contributed by atoms with van der Waals surface area (Å²) >= 11 is 3.53. The quantitative estimate of drug-likeness (QED) is 0.672. The predicted octanol–water partition coefficient (Wildman–Crippen LogP) is 3.54. The molecule has 4 heteroatoms. The number of aryl methyl sites for hydroxylation is 2. The van der Waals surface area contributed by atoms with Crippen LogP contribution < -0.4 is 11.3 Å². The molecular formula is C13H16BrN3. The minimum atomic E-state index is 0.769. The largest absolute Gasteiger partial charge is 0.308 e. The molecule has 0 amide bonds. The van der Waals surface area contributed by atoms with Gasteiger partial charge in [-0.15, -0.1) is 0 Å². The summed E-state index contributed by atoms with van der Waals surface area (Å²) < 4.78 is 0.998. The van der Waals surface area contributed by atoms with Gasteiger partial charge in [-0.2, -0.15) is 0 Å². The lowest BCUT2D eigenvalue weighted by atomic mass is 10.0. The van der Waals surface area contributed by atoms with E-state index in [1.165, 1.54) is 16.5 Å². The fourth-order valence-electron chi connectivity index (χ4n) is 1.99. The molecule has 1 heterocycles. The SMILES string of the molecule is CCCc1cc2c(C)ccc(Br)c2nc1NN. The summed E-state index contributed by atoms with van der Waals surface area (Å²) in [4.78, 5) is 4.59. The molecule has 3 N–H and O–H groups in total. The number of rotatable bonds is 3. The number of anilines is 1. The molecule has 0 saturated carbocycles. The van der Waals surface area contributed by atoms with Crippen molar-refractivity contribution in [2.45, 2.75) is 26.7 Å². The number of nitrogen functional groups attached to an aromatic ring is 1. The van der Waals surface area contributed by atoms with Crippen LogP contribution in [0.15, 0.2) is 22.7 Å². The van der Waals surface area contributed by atoms with Gasteiger partial charge in [0.05, 0.1) is 5.52 Å². The van der Waals surface area contributed by atoms with Crippen LogP contribution in [0.25, 0.3) is 10.9 Å². The number of nitrogens with one attached hydrogen (secondary N) is 1. The predicted molar refractivity (Wildman–Crippen MR) is 76.0 cm³/mol. The third kappa shape index (κ3) is 2.28. The van der Waals surface area contributed by atoms with E-state index in [1.807, 2.05) is 6.07 Å². The van der Waals surface area contributed by atoms with E-state index in [-0.39, 0.29) is 0 Å². The van der Waals surface area contributed by atoms with Gasteiger partial charge in [0.1, 0.15) is 5.82 Å². The lowest BCUT2D eigenvalue weighted by Crippen LogP contribution is -2.11. The van der Waals surface area contributed by atoms with Crippen molar-refractivity contribution < 1.29 is 0 Å². The molecule has 17 heavy (non-hydrogen) atoms. The van der Waals surface area contributed by atoms with Crippen molar-refractivity contribution in [2.75, 3.05) is 5.43 Å². The number of halogens is 1. The molecule has 0 aliphatic heterocycles. The molecule has 0 bridgehead atoms. The first kappa shape index (κ1) is 12.3. The van der Waals surface area contributed by atoms with E-state index in [4.69, 9.17) is 5.84 Å². The highest BCUT2D eigenvalue weighted by Gasteiger charge is 2.09. The van der Waals surface area contributed by atoms with Crippen molar-refractivity contribution in [2.24, 2.45) is 5.84 Å². The highest BCUT2D eigenvalue weighted by molar-refractivity contribution is 9.10. The first-order valence-corrected chi connectivity index (χ1v) is 6.52. The fraction of sp³-hybridized carbons (Fsp3) is 0.308. The number of fused-ring (bicyclic) bond motifs is 1. The average Bonchev–Trinajstić information content (AvgIpc) is 2.34. The molecule has 0 unspecified atom stereocenters. The average molecular weight is 294 g/mol. The van der Waals surface area contributed by atoms with Gasteiger partial charge in [0.25, 0.3) is 0 Å². The van der Waals surface area contributed by atoms with E-state index in [0.29, 0.717) is 0 Å². The highest BCUT2D eigenvalue weighted by atomic mass is 79.9. The Morgan fingerprint density at radius 2 is 2.18 bits per heavy atom. The number of nitrogens with two attached hydrogens (primary N) is 1. The van der Waals surface area contributed by atoms with Crippen LogP contribution in [-0.4, -0.2) is 4.98 Å². The van der Waals surface area contributed by atoms with Gasteiger partial charge < -0.3 is 5.43 Å². The summed E-state index contributed by atoms with van der Waals surface area (Å²) in [5, 5.41) is 1.18. The number of pyridine rings is 1. The van der Waals surface area contributed by atoms with Crippen LogP contribution in [0.5, 0.6) is 0 Å². The topological polar surface area (TPSA) is 50.9 Å². The van der Waals surface area contributed by atoms with Gasteiger partial charge in [0, 0.05) is 9.86 Å². The normalized spacial score (nSPS) is 10.8. The van der Waals surface area contributed by atoms with Crippen LogP contribution in [0.3, 0.4) is 0 Å². The zero-order valence-electron chi connectivity index (χ0n) is 10.0. The van der Waals surface area contributed by atoms with Crippen LogP contribution in [0.1, 0.15) is 24.5 Å². The van der Waals surface area contributed by atoms with E-state index in [2.05, 4.69) is 52.3 Å². The lowest BCUT2D eigenvalue weighted by Gasteiger charge is -2.11. The summed E-state index contributed by atoms with van der Waals surface area (Å²) in [5.41, 5.74) is 6.05. The Kier molecular flexibility index (Phi) is 3.64. The summed E-state index contributed by atoms with van der Waals surface area (Å²) in [7, 11) is 0. The van der Waals surface area contributed by atoms with Crippen molar-refractivity contribution >= 4 is 32.7 Å². The number of benzene rings is 1. The maximum atomic E-state index is 5.53. The zero-order valence-corrected chi connectivity index (χ0v) is 11.6. The third-order valence-electron chi connectivity index (χ3n) is 2.89. The van der Waals surface area contributed by atoms with Crippen LogP contribution in [0, 0.1) is 6.92 Å². The number of hydrazine groups is 1. The molecule has 90 valence electrons. The molecule has 0 aliphatic rings. The molecule has 0 saturated heterocycles. The maximum absolute atomic E-state index is 5.53. The van der Waals surface area contributed by atoms with Crippen molar-refractivity contribution in [3.8, 4) is 0 Å². The molecule has 2 rings (SSSR count). The number of hydrogen-bond donors (Lipinski definition) is 2. The van der Waals surface area contributed by atoms with Gasteiger partial charge in [-0.1, -0.05) is 19.4 Å². The second kappa shape index (κ2) is 5.02. The second-order valence-corrected chi connectivity index (χ2v) is 5.01. The minimum absolute atomic E-state index is 0.769. The molecule has 0 fully saturated rings. The lowest BCUT2D eigenvalue weighted by molar-refractivity contribution is 0.916. The molecule has 1 aromatic heterocycles. The molecule has 0 spiro atoms. The Bertz CT molecular complexity index is 552. The van der Waals surface area contributed by atoms with Crippen LogP contribution in [-0.2, 0) is 6.42 Å². The van der Waals surface area contributed by atoms with E-state index < -0.39 is 0 Å². The molecule has 0 atom stereocenters.